The van der Waals surface area contributed by atoms with E-state index in [1.54, 1.807) is 12.4 Å². The molecule has 7 heteroatoms. The van der Waals surface area contributed by atoms with Gasteiger partial charge in [0, 0.05) is 41.0 Å². The molecule has 0 amide bonds. The molecular formula is C33H25N7. The second-order valence-electron chi connectivity index (χ2n) is 9.70. The second kappa shape index (κ2) is 10.1. The van der Waals surface area contributed by atoms with Crippen LogP contribution in [0.2, 0.25) is 0 Å². The molecule has 6 aromatic rings. The Hall–Kier alpha value is -5.30. The van der Waals surface area contributed by atoms with Gasteiger partial charge < -0.3 is 0 Å². The summed E-state index contributed by atoms with van der Waals surface area (Å²) in [7, 11) is 0. The van der Waals surface area contributed by atoms with E-state index < -0.39 is 0 Å². The lowest BCUT2D eigenvalue weighted by atomic mass is 9.98. The normalized spacial score (nSPS) is 16.4. The summed E-state index contributed by atoms with van der Waals surface area (Å²) in [6.45, 7) is 2.07. The molecule has 0 N–H and O–H groups in total. The van der Waals surface area contributed by atoms with E-state index in [0.717, 1.165) is 39.2 Å². The standard InChI is InChI=1S/C33H25N7/c1-22-27(12-8-20-35-22)32-38-30(37-31(39-32)25-9-7-19-34-21-25)23-15-17-24(18-16-23)33-36-28-13-5-6-14-29(28)40(33)26-10-3-2-4-11-26/h2-22,27H,1H3. The second-order valence-corrected chi connectivity index (χ2v) is 9.70. The van der Waals surface area contributed by atoms with Crippen LogP contribution in [0.15, 0.2) is 121 Å². The number of fused-ring (bicyclic) bond motifs is 1. The first-order valence-electron chi connectivity index (χ1n) is 13.2. The van der Waals surface area contributed by atoms with Crippen LogP contribution in [-0.2, 0) is 0 Å². The van der Waals surface area contributed by atoms with E-state index in [-0.39, 0.29) is 12.0 Å². The summed E-state index contributed by atoms with van der Waals surface area (Å²) >= 11 is 0. The highest BCUT2D eigenvalue weighted by Gasteiger charge is 2.23. The van der Waals surface area contributed by atoms with Crippen molar-refractivity contribution >= 4 is 17.2 Å². The minimum atomic E-state index is -0.0350. The average molecular weight is 520 g/mol. The summed E-state index contributed by atoms with van der Waals surface area (Å²) in [6.07, 6.45) is 9.40. The molecule has 1 aliphatic heterocycles. The minimum absolute atomic E-state index is 0.0350. The Kier molecular flexibility index (Phi) is 6.01. The molecule has 0 saturated heterocycles. The Morgan fingerprint density at radius 3 is 2.20 bits per heavy atom. The molecule has 40 heavy (non-hydrogen) atoms. The number of nitrogens with zero attached hydrogens (tertiary/aromatic N) is 7. The van der Waals surface area contributed by atoms with Gasteiger partial charge in [0.15, 0.2) is 11.6 Å². The monoisotopic (exact) mass is 519 g/mol. The summed E-state index contributed by atoms with van der Waals surface area (Å²) in [5, 5.41) is 0. The molecular weight excluding hydrogens is 494 g/mol. The van der Waals surface area contributed by atoms with E-state index in [9.17, 15) is 0 Å². The van der Waals surface area contributed by atoms with Gasteiger partial charge in [0.05, 0.1) is 23.0 Å². The van der Waals surface area contributed by atoms with Crippen molar-refractivity contribution in [1.29, 1.82) is 0 Å². The van der Waals surface area contributed by atoms with Crippen LogP contribution >= 0.6 is 0 Å². The highest BCUT2D eigenvalue weighted by atomic mass is 15.1. The molecule has 1 aliphatic rings. The third-order valence-electron chi connectivity index (χ3n) is 7.09. The molecule has 0 saturated carbocycles. The zero-order valence-corrected chi connectivity index (χ0v) is 21.8. The highest BCUT2D eigenvalue weighted by Crippen LogP contribution is 2.31. The fourth-order valence-corrected chi connectivity index (χ4v) is 5.03. The average Bonchev–Trinajstić information content (AvgIpc) is 3.42. The lowest BCUT2D eigenvalue weighted by Crippen LogP contribution is -2.18. The molecule has 2 atom stereocenters. The number of aliphatic imine (C=N–C) groups is 1. The molecule has 0 bridgehead atoms. The van der Waals surface area contributed by atoms with E-state index >= 15 is 0 Å². The van der Waals surface area contributed by atoms with Gasteiger partial charge in [0.25, 0.3) is 0 Å². The topological polar surface area (TPSA) is 81.7 Å². The van der Waals surface area contributed by atoms with Gasteiger partial charge in [0.2, 0.25) is 0 Å². The van der Waals surface area contributed by atoms with E-state index in [0.29, 0.717) is 17.5 Å². The molecule has 0 fully saturated rings. The summed E-state index contributed by atoms with van der Waals surface area (Å²) < 4.78 is 2.20. The Balaban J connectivity index is 1.33. The fraction of sp³-hybridized carbons (Fsp3) is 0.0909. The van der Waals surface area contributed by atoms with Crippen LogP contribution in [0, 0.1) is 0 Å². The maximum absolute atomic E-state index is 4.99. The molecule has 7 rings (SSSR count). The van der Waals surface area contributed by atoms with E-state index in [1.807, 2.05) is 60.8 Å². The molecule has 3 aromatic heterocycles. The first-order chi connectivity index (χ1) is 19.7. The lowest BCUT2D eigenvalue weighted by Gasteiger charge is -2.19. The van der Waals surface area contributed by atoms with Crippen LogP contribution in [0.4, 0.5) is 0 Å². The number of allylic oxidation sites excluding steroid dienone is 1. The van der Waals surface area contributed by atoms with Crippen molar-refractivity contribution in [2.24, 2.45) is 4.99 Å². The predicted molar refractivity (Wildman–Crippen MR) is 158 cm³/mol. The maximum Gasteiger partial charge on any atom is 0.165 e. The fourth-order valence-electron chi connectivity index (χ4n) is 5.03. The van der Waals surface area contributed by atoms with Crippen molar-refractivity contribution in [3.05, 3.63) is 121 Å². The van der Waals surface area contributed by atoms with Crippen LogP contribution in [-0.4, -0.2) is 41.7 Å². The number of aromatic nitrogens is 6. The zero-order chi connectivity index (χ0) is 26.9. The highest BCUT2D eigenvalue weighted by molar-refractivity contribution is 5.83. The van der Waals surface area contributed by atoms with E-state index in [2.05, 4.69) is 70.0 Å². The predicted octanol–water partition coefficient (Wildman–Crippen LogP) is 6.72. The van der Waals surface area contributed by atoms with Crippen LogP contribution in [0.1, 0.15) is 18.7 Å². The van der Waals surface area contributed by atoms with Crippen molar-refractivity contribution in [3.8, 4) is 39.9 Å². The Morgan fingerprint density at radius 1 is 0.675 bits per heavy atom. The van der Waals surface area contributed by atoms with Crippen LogP contribution in [0.25, 0.3) is 50.9 Å². The number of pyridine rings is 1. The first kappa shape index (κ1) is 23.8. The van der Waals surface area contributed by atoms with Gasteiger partial charge in [0.1, 0.15) is 11.6 Å². The number of hydrogen-bond donors (Lipinski definition) is 0. The van der Waals surface area contributed by atoms with Crippen molar-refractivity contribution in [2.75, 3.05) is 0 Å². The van der Waals surface area contributed by atoms with Gasteiger partial charge in [-0.15, -0.1) is 0 Å². The van der Waals surface area contributed by atoms with Gasteiger partial charge in [-0.1, -0.05) is 60.7 Å². The number of imidazole rings is 1. The molecule has 3 aromatic carbocycles. The summed E-state index contributed by atoms with van der Waals surface area (Å²) in [5.41, 5.74) is 5.83. The van der Waals surface area contributed by atoms with Gasteiger partial charge in [-0.2, -0.15) is 0 Å². The van der Waals surface area contributed by atoms with Crippen molar-refractivity contribution in [2.45, 2.75) is 18.9 Å². The molecule has 192 valence electrons. The lowest BCUT2D eigenvalue weighted by molar-refractivity contribution is 0.625. The minimum Gasteiger partial charge on any atom is -0.292 e. The van der Waals surface area contributed by atoms with Gasteiger partial charge in [-0.25, -0.2) is 19.9 Å². The van der Waals surface area contributed by atoms with Crippen molar-refractivity contribution in [3.63, 3.8) is 0 Å². The number of hydrogen-bond acceptors (Lipinski definition) is 6. The molecule has 7 nitrogen and oxygen atoms in total. The summed E-state index contributed by atoms with van der Waals surface area (Å²) in [4.78, 5) is 28.4. The van der Waals surface area contributed by atoms with E-state index in [4.69, 9.17) is 19.9 Å². The SMILES string of the molecule is CC1N=CC=CC1c1nc(-c2ccc(-c3nc4ccccc4n3-c3ccccc3)cc2)nc(-c2cccnc2)n1. The van der Waals surface area contributed by atoms with Crippen LogP contribution in [0.3, 0.4) is 0 Å². The maximum atomic E-state index is 4.99. The van der Waals surface area contributed by atoms with Gasteiger partial charge >= 0.3 is 0 Å². The van der Waals surface area contributed by atoms with Crippen LogP contribution < -0.4 is 0 Å². The van der Waals surface area contributed by atoms with Crippen LogP contribution in [0.5, 0.6) is 0 Å². The molecule has 0 aliphatic carbocycles. The third kappa shape index (κ3) is 4.37. The zero-order valence-electron chi connectivity index (χ0n) is 21.8. The molecule has 0 spiro atoms. The number of para-hydroxylation sites is 3. The van der Waals surface area contributed by atoms with Crippen molar-refractivity contribution < 1.29 is 0 Å². The first-order valence-corrected chi connectivity index (χ1v) is 13.2. The third-order valence-corrected chi connectivity index (χ3v) is 7.09. The van der Waals surface area contributed by atoms with Gasteiger partial charge in [-0.3, -0.25) is 14.5 Å². The van der Waals surface area contributed by atoms with Gasteiger partial charge in [-0.05, 0) is 49.4 Å². The number of rotatable bonds is 5. The molecule has 0 radical (unpaired) electrons. The number of benzene rings is 3. The smallest absolute Gasteiger partial charge is 0.165 e. The largest absolute Gasteiger partial charge is 0.292 e. The number of dihydropyridines is 1. The summed E-state index contributed by atoms with van der Waals surface area (Å²) in [6, 6.07) is 30.7. The Morgan fingerprint density at radius 2 is 1.43 bits per heavy atom. The summed E-state index contributed by atoms with van der Waals surface area (Å²) in [5.74, 6) is 2.75. The Labute approximate surface area is 231 Å². The molecule has 2 unspecified atom stereocenters. The molecule has 4 heterocycles. The quantitative estimate of drug-likeness (QED) is 0.253. The van der Waals surface area contributed by atoms with Crippen molar-refractivity contribution in [1.82, 2.24) is 29.5 Å². The Bertz CT molecular complexity index is 1860. The van der Waals surface area contributed by atoms with E-state index in [1.165, 1.54) is 0 Å².